The van der Waals surface area contributed by atoms with Crippen molar-refractivity contribution in [3.05, 3.63) is 217 Å². The number of aromatic nitrogens is 4. The number of hydrogen-bond acceptors (Lipinski definition) is 6. The van der Waals surface area contributed by atoms with E-state index in [1.165, 1.54) is 5.56 Å². The van der Waals surface area contributed by atoms with Gasteiger partial charge < -0.3 is 9.64 Å². The van der Waals surface area contributed by atoms with Crippen LogP contribution in [0.1, 0.15) is 17.1 Å². The van der Waals surface area contributed by atoms with Crippen LogP contribution in [0.4, 0.5) is 11.4 Å². The molecular formula is C53H39N5O. The Morgan fingerprint density at radius 2 is 0.932 bits per heavy atom. The lowest BCUT2D eigenvalue weighted by molar-refractivity contribution is 0.472. The maximum absolute atomic E-state index is 6.37. The van der Waals surface area contributed by atoms with Crippen LogP contribution in [-0.2, 0) is 19.4 Å². The lowest BCUT2D eigenvalue weighted by Gasteiger charge is -2.33. The number of aryl methyl sites for hydroxylation is 2. The lowest BCUT2D eigenvalue weighted by Crippen LogP contribution is -2.22. The molecule has 0 spiro atoms. The third kappa shape index (κ3) is 7.47. The van der Waals surface area contributed by atoms with E-state index in [4.69, 9.17) is 24.7 Å². The van der Waals surface area contributed by atoms with E-state index in [-0.39, 0.29) is 0 Å². The zero-order valence-corrected chi connectivity index (χ0v) is 32.3. The molecule has 9 aromatic rings. The zero-order chi connectivity index (χ0) is 39.4. The predicted molar refractivity (Wildman–Crippen MR) is 237 cm³/mol. The molecule has 59 heavy (non-hydrogen) atoms. The summed E-state index contributed by atoms with van der Waals surface area (Å²) >= 11 is 0. The summed E-state index contributed by atoms with van der Waals surface area (Å²) in [7, 11) is 0. The molecule has 0 saturated heterocycles. The van der Waals surface area contributed by atoms with Gasteiger partial charge in [-0.2, -0.15) is 0 Å². The minimum atomic E-state index is 0.546. The highest BCUT2D eigenvalue weighted by atomic mass is 16.5. The summed E-state index contributed by atoms with van der Waals surface area (Å²) in [5.74, 6) is 3.69. The SMILES string of the molecule is c1ccc(-c2ccc(-c3ccccc3)c(-c3cnc(CN4c5ccccc5Oc5ccccc54)c(CCc4nc(-c5ccccc5)nc(-c5ccccc5)n4)c3)c2)cc1. The Morgan fingerprint density at radius 3 is 1.53 bits per heavy atom. The van der Waals surface area contributed by atoms with Crippen molar-refractivity contribution in [1.29, 1.82) is 0 Å². The van der Waals surface area contributed by atoms with Crippen molar-refractivity contribution in [3.63, 3.8) is 0 Å². The van der Waals surface area contributed by atoms with Gasteiger partial charge in [0, 0.05) is 29.3 Å². The third-order valence-corrected chi connectivity index (χ3v) is 10.8. The highest BCUT2D eigenvalue weighted by molar-refractivity contribution is 5.87. The number of anilines is 2. The van der Waals surface area contributed by atoms with Crippen LogP contribution in [0.15, 0.2) is 200 Å². The number of ether oxygens (including phenoxy) is 1. The fourth-order valence-electron chi connectivity index (χ4n) is 7.82. The van der Waals surface area contributed by atoms with Gasteiger partial charge in [-0.25, -0.2) is 15.0 Å². The van der Waals surface area contributed by atoms with Gasteiger partial charge in [0.2, 0.25) is 0 Å². The Kier molecular flexibility index (Phi) is 9.71. The summed E-state index contributed by atoms with van der Waals surface area (Å²) in [6, 6.07) is 66.9. The number of para-hydroxylation sites is 4. The molecule has 0 bridgehead atoms. The molecule has 1 aliphatic rings. The number of pyridine rings is 1. The molecule has 0 atom stereocenters. The van der Waals surface area contributed by atoms with Gasteiger partial charge in [-0.05, 0) is 76.2 Å². The molecule has 1 aliphatic heterocycles. The number of nitrogens with zero attached hydrogens (tertiary/aromatic N) is 5. The highest BCUT2D eigenvalue weighted by Crippen LogP contribution is 2.47. The van der Waals surface area contributed by atoms with Crippen LogP contribution in [0.3, 0.4) is 0 Å². The molecule has 2 aromatic heterocycles. The van der Waals surface area contributed by atoms with Crippen LogP contribution in [0.25, 0.3) is 56.2 Å². The molecule has 0 radical (unpaired) electrons. The van der Waals surface area contributed by atoms with Crippen molar-refractivity contribution >= 4 is 11.4 Å². The fraction of sp³-hybridized carbons (Fsp3) is 0.0566. The molecule has 6 nitrogen and oxygen atoms in total. The Morgan fingerprint density at radius 1 is 0.407 bits per heavy atom. The molecular weight excluding hydrogens is 723 g/mol. The quantitative estimate of drug-likeness (QED) is 0.138. The molecule has 10 rings (SSSR count). The first-order valence-electron chi connectivity index (χ1n) is 20.0. The van der Waals surface area contributed by atoms with Crippen molar-refractivity contribution < 1.29 is 4.74 Å². The van der Waals surface area contributed by atoms with E-state index in [9.17, 15) is 0 Å². The van der Waals surface area contributed by atoms with E-state index in [1.54, 1.807) is 0 Å². The second-order valence-electron chi connectivity index (χ2n) is 14.6. The first-order chi connectivity index (χ1) is 29.2. The van der Waals surface area contributed by atoms with Crippen LogP contribution in [-0.4, -0.2) is 19.9 Å². The average Bonchev–Trinajstić information content (AvgIpc) is 3.32. The van der Waals surface area contributed by atoms with Crippen molar-refractivity contribution in [3.8, 4) is 67.7 Å². The number of benzene rings is 7. The first-order valence-corrected chi connectivity index (χ1v) is 20.0. The minimum Gasteiger partial charge on any atom is -0.453 e. The summed E-state index contributed by atoms with van der Waals surface area (Å²) in [5, 5.41) is 0. The smallest absolute Gasteiger partial charge is 0.163 e. The van der Waals surface area contributed by atoms with Gasteiger partial charge >= 0.3 is 0 Å². The average molecular weight is 762 g/mol. The highest BCUT2D eigenvalue weighted by Gasteiger charge is 2.26. The van der Waals surface area contributed by atoms with Gasteiger partial charge in [-0.3, -0.25) is 4.98 Å². The monoisotopic (exact) mass is 761 g/mol. The predicted octanol–water partition coefficient (Wildman–Crippen LogP) is 12.8. The Hall–Kier alpha value is -7.70. The lowest BCUT2D eigenvalue weighted by atomic mass is 9.90. The molecule has 7 aromatic carbocycles. The Labute approximate surface area is 344 Å². The molecule has 3 heterocycles. The van der Waals surface area contributed by atoms with Crippen molar-refractivity contribution in [2.45, 2.75) is 19.4 Å². The van der Waals surface area contributed by atoms with Gasteiger partial charge in [-0.1, -0.05) is 158 Å². The second kappa shape index (κ2) is 16.0. The van der Waals surface area contributed by atoms with E-state index < -0.39 is 0 Å². The summed E-state index contributed by atoms with van der Waals surface area (Å²) in [5.41, 5.74) is 12.8. The second-order valence-corrected chi connectivity index (χ2v) is 14.6. The molecule has 0 aliphatic carbocycles. The molecule has 0 saturated carbocycles. The van der Waals surface area contributed by atoms with Gasteiger partial charge in [0.25, 0.3) is 0 Å². The third-order valence-electron chi connectivity index (χ3n) is 10.8. The van der Waals surface area contributed by atoms with E-state index in [0.717, 1.165) is 78.9 Å². The standard InChI is InChI=1S/C53H39N5O/c1-5-17-37(18-6-1)41-29-31-44(38-19-7-2-8-20-38)45(34-41)43-33-42(46(54-35-43)36-58-47-25-13-15-27-49(47)59-50-28-16-14-26-48(50)58)30-32-51-55-52(39-21-9-3-10-22-39)57-53(56-51)40-23-11-4-12-24-40/h1-29,31,33-35H,30,32,36H2. The van der Waals surface area contributed by atoms with Crippen LogP contribution in [0.5, 0.6) is 11.5 Å². The van der Waals surface area contributed by atoms with Crippen LogP contribution >= 0.6 is 0 Å². The summed E-state index contributed by atoms with van der Waals surface area (Å²) < 4.78 is 6.37. The molecule has 0 amide bonds. The summed E-state index contributed by atoms with van der Waals surface area (Å²) in [4.78, 5) is 22.7. The molecule has 282 valence electrons. The zero-order valence-electron chi connectivity index (χ0n) is 32.3. The number of hydrogen-bond donors (Lipinski definition) is 0. The summed E-state index contributed by atoms with van der Waals surface area (Å²) in [6.45, 7) is 0.546. The number of fused-ring (bicyclic) bond motifs is 2. The van der Waals surface area contributed by atoms with E-state index in [0.29, 0.717) is 31.0 Å². The Bertz CT molecular complexity index is 2780. The maximum atomic E-state index is 6.37. The topological polar surface area (TPSA) is 64.0 Å². The number of rotatable bonds is 10. The molecule has 0 N–H and O–H groups in total. The first kappa shape index (κ1) is 35.7. The van der Waals surface area contributed by atoms with Crippen LogP contribution in [0, 0.1) is 0 Å². The van der Waals surface area contributed by atoms with Gasteiger partial charge in [0.05, 0.1) is 23.6 Å². The van der Waals surface area contributed by atoms with E-state index in [1.807, 2.05) is 91.1 Å². The van der Waals surface area contributed by atoms with Gasteiger partial charge in [0.15, 0.2) is 23.1 Å². The van der Waals surface area contributed by atoms with Crippen molar-refractivity contribution in [1.82, 2.24) is 19.9 Å². The van der Waals surface area contributed by atoms with Crippen molar-refractivity contribution in [2.24, 2.45) is 0 Å². The van der Waals surface area contributed by atoms with Crippen molar-refractivity contribution in [2.75, 3.05) is 4.90 Å². The Balaban J connectivity index is 1.10. The largest absolute Gasteiger partial charge is 0.453 e. The van der Waals surface area contributed by atoms with Crippen LogP contribution in [0.2, 0.25) is 0 Å². The van der Waals surface area contributed by atoms with E-state index >= 15 is 0 Å². The fourth-order valence-corrected chi connectivity index (χ4v) is 7.82. The molecule has 6 heteroatoms. The van der Waals surface area contributed by atoms with E-state index in [2.05, 4.69) is 114 Å². The minimum absolute atomic E-state index is 0.546. The van der Waals surface area contributed by atoms with Gasteiger partial charge in [-0.15, -0.1) is 0 Å². The van der Waals surface area contributed by atoms with Gasteiger partial charge in [0.1, 0.15) is 5.82 Å². The summed E-state index contributed by atoms with van der Waals surface area (Å²) in [6.07, 6.45) is 3.29. The molecule has 0 fully saturated rings. The normalized spacial score (nSPS) is 11.7. The molecule has 0 unspecified atom stereocenters. The maximum Gasteiger partial charge on any atom is 0.163 e. The van der Waals surface area contributed by atoms with Crippen LogP contribution < -0.4 is 9.64 Å².